The molecule has 0 fully saturated rings. The van der Waals surface area contributed by atoms with Crippen molar-refractivity contribution in [3.8, 4) is 5.69 Å². The summed E-state index contributed by atoms with van der Waals surface area (Å²) in [5, 5.41) is 20.1. The van der Waals surface area contributed by atoms with Gasteiger partial charge >= 0.3 is 6.18 Å². The van der Waals surface area contributed by atoms with Gasteiger partial charge in [-0.05, 0) is 54.1 Å². The van der Waals surface area contributed by atoms with E-state index < -0.39 is 24.1 Å². The molecule has 0 bridgehead atoms. The highest BCUT2D eigenvalue weighted by molar-refractivity contribution is 6.36. The lowest BCUT2D eigenvalue weighted by Gasteiger charge is -2.32. The quantitative estimate of drug-likeness (QED) is 0.260. The van der Waals surface area contributed by atoms with E-state index in [0.717, 1.165) is 0 Å². The number of nitrogens with zero attached hydrogens (tertiary/aromatic N) is 2. The zero-order valence-electron chi connectivity index (χ0n) is 18.0. The van der Waals surface area contributed by atoms with Gasteiger partial charge in [0.2, 0.25) is 5.60 Å². The summed E-state index contributed by atoms with van der Waals surface area (Å²) < 4.78 is 57.4. The highest BCUT2D eigenvalue weighted by atomic mass is 35.5. The van der Waals surface area contributed by atoms with E-state index in [1.54, 1.807) is 36.4 Å². The van der Waals surface area contributed by atoms with Gasteiger partial charge in [0.05, 0.1) is 23.9 Å². The Balaban J connectivity index is 1.51. The highest BCUT2D eigenvalue weighted by Crippen LogP contribution is 2.41. The SMILES string of the molecule is OC(CNc1ccc(Cl)c2ccccc12)(c1ccc2c(cnn2-c2ccc(F)cc2)c1)C(F)(F)F. The summed E-state index contributed by atoms with van der Waals surface area (Å²) in [6.45, 7) is -0.820. The summed E-state index contributed by atoms with van der Waals surface area (Å²) in [4.78, 5) is 0. The fraction of sp³-hybridized carbons (Fsp3) is 0.115. The summed E-state index contributed by atoms with van der Waals surface area (Å²) in [5.41, 5.74) is -2.03. The molecule has 0 radical (unpaired) electrons. The lowest BCUT2D eigenvalue weighted by Crippen LogP contribution is -2.47. The molecule has 5 rings (SSSR count). The first-order valence-corrected chi connectivity index (χ1v) is 11.0. The number of nitrogens with one attached hydrogen (secondary N) is 1. The number of rotatable bonds is 5. The Morgan fingerprint density at radius 2 is 1.63 bits per heavy atom. The third-order valence-electron chi connectivity index (χ3n) is 5.99. The Bertz CT molecular complexity index is 1530. The van der Waals surface area contributed by atoms with Gasteiger partial charge in [0.25, 0.3) is 0 Å². The topological polar surface area (TPSA) is 50.1 Å². The van der Waals surface area contributed by atoms with Gasteiger partial charge in [-0.2, -0.15) is 18.3 Å². The van der Waals surface area contributed by atoms with Gasteiger partial charge in [-0.15, -0.1) is 0 Å². The van der Waals surface area contributed by atoms with Crippen LogP contribution in [-0.2, 0) is 5.60 Å². The van der Waals surface area contributed by atoms with Crippen LogP contribution >= 0.6 is 11.6 Å². The Labute approximate surface area is 202 Å². The van der Waals surface area contributed by atoms with Gasteiger partial charge in [-0.3, -0.25) is 0 Å². The minimum atomic E-state index is -4.97. The molecule has 35 heavy (non-hydrogen) atoms. The summed E-state index contributed by atoms with van der Waals surface area (Å²) in [6, 6.07) is 19.7. The van der Waals surface area contributed by atoms with Crippen LogP contribution in [-0.4, -0.2) is 27.6 Å². The molecule has 178 valence electrons. The number of benzene rings is 4. The van der Waals surface area contributed by atoms with Crippen molar-refractivity contribution in [3.05, 3.63) is 101 Å². The average Bonchev–Trinajstić information content (AvgIpc) is 3.27. The lowest BCUT2D eigenvalue weighted by atomic mass is 9.91. The predicted octanol–water partition coefficient (Wildman–Crippen LogP) is 6.83. The molecule has 0 aliphatic rings. The van der Waals surface area contributed by atoms with Crippen LogP contribution in [0.4, 0.5) is 23.2 Å². The van der Waals surface area contributed by atoms with Crippen molar-refractivity contribution in [3.63, 3.8) is 0 Å². The van der Waals surface area contributed by atoms with Crippen molar-refractivity contribution in [2.24, 2.45) is 0 Å². The van der Waals surface area contributed by atoms with E-state index in [-0.39, 0.29) is 5.56 Å². The number of hydrogen-bond donors (Lipinski definition) is 2. The zero-order chi connectivity index (χ0) is 24.8. The molecule has 1 atom stereocenters. The molecule has 0 saturated heterocycles. The Morgan fingerprint density at radius 1 is 0.914 bits per heavy atom. The van der Waals surface area contributed by atoms with Crippen LogP contribution in [0, 0.1) is 5.82 Å². The predicted molar refractivity (Wildman–Crippen MR) is 128 cm³/mol. The van der Waals surface area contributed by atoms with E-state index in [9.17, 15) is 22.7 Å². The largest absolute Gasteiger partial charge is 0.423 e. The second-order valence-electron chi connectivity index (χ2n) is 8.16. The number of fused-ring (bicyclic) bond motifs is 2. The van der Waals surface area contributed by atoms with Crippen molar-refractivity contribution < 1.29 is 22.7 Å². The molecular weight excluding hydrogens is 482 g/mol. The number of aliphatic hydroxyl groups is 1. The molecule has 4 nitrogen and oxygen atoms in total. The van der Waals surface area contributed by atoms with Crippen LogP contribution in [0.5, 0.6) is 0 Å². The Morgan fingerprint density at radius 3 is 2.34 bits per heavy atom. The van der Waals surface area contributed by atoms with E-state index >= 15 is 0 Å². The summed E-state index contributed by atoms with van der Waals surface area (Å²) >= 11 is 6.21. The molecule has 1 unspecified atom stereocenters. The fourth-order valence-corrected chi connectivity index (χ4v) is 4.31. The minimum Gasteiger partial charge on any atom is -0.381 e. The van der Waals surface area contributed by atoms with Gasteiger partial charge in [0, 0.05) is 26.9 Å². The fourth-order valence-electron chi connectivity index (χ4n) is 4.08. The monoisotopic (exact) mass is 499 g/mol. The van der Waals surface area contributed by atoms with Crippen molar-refractivity contribution in [2.45, 2.75) is 11.8 Å². The van der Waals surface area contributed by atoms with Crippen molar-refractivity contribution in [1.29, 1.82) is 0 Å². The van der Waals surface area contributed by atoms with E-state index in [4.69, 9.17) is 11.6 Å². The van der Waals surface area contributed by atoms with E-state index in [0.29, 0.717) is 38.1 Å². The maximum atomic E-state index is 14.2. The molecule has 1 aromatic heterocycles. The normalized spacial score (nSPS) is 13.8. The molecule has 1 heterocycles. The number of anilines is 1. The molecule has 0 aliphatic carbocycles. The minimum absolute atomic E-state index is 0.332. The molecule has 0 aliphatic heterocycles. The van der Waals surface area contributed by atoms with E-state index in [1.807, 2.05) is 0 Å². The van der Waals surface area contributed by atoms with Gasteiger partial charge in [-0.1, -0.05) is 41.9 Å². The van der Waals surface area contributed by atoms with Crippen LogP contribution < -0.4 is 5.32 Å². The molecule has 5 aromatic rings. The molecule has 0 saturated carbocycles. The first kappa shape index (κ1) is 23.1. The van der Waals surface area contributed by atoms with Crippen LogP contribution in [0.3, 0.4) is 0 Å². The van der Waals surface area contributed by atoms with E-state index in [2.05, 4.69) is 10.4 Å². The van der Waals surface area contributed by atoms with Gasteiger partial charge < -0.3 is 10.4 Å². The first-order valence-electron chi connectivity index (χ1n) is 10.6. The highest BCUT2D eigenvalue weighted by Gasteiger charge is 2.55. The van der Waals surface area contributed by atoms with Crippen molar-refractivity contribution >= 4 is 39.0 Å². The maximum Gasteiger partial charge on any atom is 0.423 e. The number of aromatic nitrogens is 2. The first-order chi connectivity index (χ1) is 16.7. The second kappa shape index (κ2) is 8.55. The lowest BCUT2D eigenvalue weighted by molar-refractivity contribution is -0.260. The molecular formula is C26H18ClF4N3O. The van der Waals surface area contributed by atoms with Crippen LogP contribution in [0.1, 0.15) is 5.56 Å². The Hall–Kier alpha value is -3.62. The second-order valence-corrected chi connectivity index (χ2v) is 8.57. The summed E-state index contributed by atoms with van der Waals surface area (Å²) in [5.74, 6) is -0.413. The van der Waals surface area contributed by atoms with Crippen LogP contribution in [0.2, 0.25) is 5.02 Å². The molecule has 4 aromatic carbocycles. The van der Waals surface area contributed by atoms with Gasteiger partial charge in [0.1, 0.15) is 5.82 Å². The smallest absolute Gasteiger partial charge is 0.381 e. The number of halogens is 5. The maximum absolute atomic E-state index is 14.2. The van der Waals surface area contributed by atoms with Crippen molar-refractivity contribution in [2.75, 3.05) is 11.9 Å². The van der Waals surface area contributed by atoms with Crippen LogP contribution in [0.25, 0.3) is 27.4 Å². The summed E-state index contributed by atoms with van der Waals surface area (Å²) in [6.07, 6.45) is -3.57. The van der Waals surface area contributed by atoms with Gasteiger partial charge in [-0.25, -0.2) is 9.07 Å². The van der Waals surface area contributed by atoms with Crippen molar-refractivity contribution in [1.82, 2.24) is 9.78 Å². The molecule has 9 heteroatoms. The number of hydrogen-bond acceptors (Lipinski definition) is 3. The molecule has 2 N–H and O–H groups in total. The summed E-state index contributed by atoms with van der Waals surface area (Å²) in [7, 11) is 0. The Kier molecular flexibility index (Phi) is 5.65. The van der Waals surface area contributed by atoms with Crippen LogP contribution in [0.15, 0.2) is 85.1 Å². The molecule has 0 spiro atoms. The third-order valence-corrected chi connectivity index (χ3v) is 6.32. The van der Waals surface area contributed by atoms with E-state index in [1.165, 1.54) is 53.3 Å². The zero-order valence-corrected chi connectivity index (χ0v) is 18.8. The standard InChI is InChI=1S/C26H18ClF4N3O/c27-22-10-11-23(21-4-2-1-3-20(21)22)32-15-25(35,26(29,30)31)17-5-12-24-16(13-17)14-33-34(24)19-8-6-18(28)7-9-19/h1-14,32,35H,15H2. The van der Waals surface area contributed by atoms with Gasteiger partial charge in [0.15, 0.2) is 0 Å². The number of alkyl halides is 3. The third kappa shape index (κ3) is 4.09. The molecule has 0 amide bonds. The average molecular weight is 500 g/mol.